The highest BCUT2D eigenvalue weighted by Crippen LogP contribution is 2.29. The summed E-state index contributed by atoms with van der Waals surface area (Å²) in [7, 11) is 0. The number of carbonyl (C=O) groups excluding carboxylic acids is 1. The number of hydrogen-bond donors (Lipinski definition) is 3. The molecule has 1 heterocycles. The zero-order valence-electron chi connectivity index (χ0n) is 16.0. The minimum Gasteiger partial charge on any atom is -0.491 e. The van der Waals surface area contributed by atoms with Crippen LogP contribution in [0.5, 0.6) is 5.75 Å². The Labute approximate surface area is 165 Å². The van der Waals surface area contributed by atoms with Crippen molar-refractivity contribution in [2.45, 2.75) is 31.4 Å². The van der Waals surface area contributed by atoms with Crippen LogP contribution in [-0.2, 0) is 6.54 Å². The monoisotopic (exact) mass is 384 g/mol. The molecule has 0 aliphatic carbocycles. The number of nitrogens with zero attached hydrogens (tertiary/aromatic N) is 1. The Kier molecular flexibility index (Phi) is 7.03. The number of nitrogens with two attached hydrogens (primary N) is 1. The predicted molar refractivity (Wildman–Crippen MR) is 107 cm³/mol. The van der Waals surface area contributed by atoms with Crippen molar-refractivity contribution in [3.05, 3.63) is 65.2 Å². The molecule has 2 aromatic carbocycles. The van der Waals surface area contributed by atoms with Crippen LogP contribution in [0.25, 0.3) is 0 Å². The normalized spacial score (nSPS) is 16.0. The van der Waals surface area contributed by atoms with E-state index in [9.17, 15) is 9.90 Å². The lowest BCUT2D eigenvalue weighted by atomic mass is 9.88. The number of aliphatic hydroxyl groups is 2. The molecule has 1 saturated heterocycles. The molecule has 0 saturated carbocycles. The fraction of sp³-hybridized carbons (Fsp3) is 0.409. The van der Waals surface area contributed by atoms with E-state index in [0.717, 1.165) is 18.4 Å². The Balaban J connectivity index is 1.59. The summed E-state index contributed by atoms with van der Waals surface area (Å²) in [5.41, 5.74) is 8.75. The second-order valence-corrected chi connectivity index (χ2v) is 7.19. The van der Waals surface area contributed by atoms with E-state index >= 15 is 0 Å². The average Bonchev–Trinajstić information content (AvgIpc) is 2.77. The van der Waals surface area contributed by atoms with E-state index in [-0.39, 0.29) is 19.1 Å². The number of likely N-dealkylation sites (tertiary alicyclic amines) is 1. The van der Waals surface area contributed by atoms with Gasteiger partial charge in [-0.3, -0.25) is 4.79 Å². The third-order valence-electron chi connectivity index (χ3n) is 5.17. The second-order valence-electron chi connectivity index (χ2n) is 7.19. The fourth-order valence-electron chi connectivity index (χ4n) is 3.54. The molecular formula is C22H28N2O4. The number of hydrogen-bond acceptors (Lipinski definition) is 5. The molecule has 0 bridgehead atoms. The minimum atomic E-state index is -0.934. The first-order chi connectivity index (χ1) is 13.6. The highest BCUT2D eigenvalue weighted by molar-refractivity contribution is 5.94. The van der Waals surface area contributed by atoms with Crippen LogP contribution < -0.4 is 10.5 Å². The van der Waals surface area contributed by atoms with Gasteiger partial charge < -0.3 is 25.6 Å². The van der Waals surface area contributed by atoms with E-state index in [1.165, 1.54) is 5.56 Å². The summed E-state index contributed by atoms with van der Waals surface area (Å²) in [6, 6.07) is 15.4. The molecule has 4 N–H and O–H groups in total. The average molecular weight is 384 g/mol. The number of carbonyl (C=O) groups is 1. The van der Waals surface area contributed by atoms with Crippen molar-refractivity contribution in [3.8, 4) is 5.75 Å². The number of rotatable bonds is 7. The smallest absolute Gasteiger partial charge is 0.253 e. The predicted octanol–water partition coefficient (Wildman–Crippen LogP) is 1.90. The maximum atomic E-state index is 12.9. The van der Waals surface area contributed by atoms with Gasteiger partial charge in [0.15, 0.2) is 0 Å². The summed E-state index contributed by atoms with van der Waals surface area (Å²) >= 11 is 0. The van der Waals surface area contributed by atoms with Gasteiger partial charge in [-0.2, -0.15) is 0 Å². The lowest BCUT2D eigenvalue weighted by Crippen LogP contribution is -2.37. The molecule has 0 aromatic heterocycles. The summed E-state index contributed by atoms with van der Waals surface area (Å²) in [5.74, 6) is 0.944. The van der Waals surface area contributed by atoms with Crippen LogP contribution >= 0.6 is 0 Å². The van der Waals surface area contributed by atoms with Crippen molar-refractivity contribution >= 4 is 5.91 Å². The van der Waals surface area contributed by atoms with E-state index in [1.807, 2.05) is 17.0 Å². The molecule has 0 spiro atoms. The standard InChI is InChI=1S/C22H28N2O4/c23-13-16-3-1-4-18(11-16)17-7-9-24(10-8-17)22(27)19-5-2-6-21(12-19)28-15-20(26)14-25/h1-6,11-12,17,20,25-26H,7-10,13-15,23H2. The van der Waals surface area contributed by atoms with Crippen LogP contribution in [0.3, 0.4) is 0 Å². The van der Waals surface area contributed by atoms with Crippen LogP contribution in [-0.4, -0.2) is 53.4 Å². The second kappa shape index (κ2) is 9.68. The van der Waals surface area contributed by atoms with Gasteiger partial charge in [0.05, 0.1) is 6.61 Å². The highest BCUT2D eigenvalue weighted by atomic mass is 16.5. The van der Waals surface area contributed by atoms with E-state index in [2.05, 4.69) is 12.1 Å². The van der Waals surface area contributed by atoms with E-state index in [1.54, 1.807) is 24.3 Å². The van der Waals surface area contributed by atoms with Gasteiger partial charge in [0, 0.05) is 25.2 Å². The lowest BCUT2D eigenvalue weighted by molar-refractivity contribution is 0.0535. The van der Waals surface area contributed by atoms with E-state index in [0.29, 0.717) is 36.9 Å². The van der Waals surface area contributed by atoms with Gasteiger partial charge in [-0.25, -0.2) is 0 Å². The van der Waals surface area contributed by atoms with Gasteiger partial charge in [-0.15, -0.1) is 0 Å². The summed E-state index contributed by atoms with van der Waals surface area (Å²) in [5, 5.41) is 18.3. The molecule has 6 heteroatoms. The van der Waals surface area contributed by atoms with Gasteiger partial charge in [0.2, 0.25) is 0 Å². The summed E-state index contributed by atoms with van der Waals surface area (Å²) in [4.78, 5) is 14.7. The molecule has 6 nitrogen and oxygen atoms in total. The largest absolute Gasteiger partial charge is 0.491 e. The fourth-order valence-corrected chi connectivity index (χ4v) is 3.54. The number of ether oxygens (including phenoxy) is 1. The van der Waals surface area contributed by atoms with Gasteiger partial charge in [-0.05, 0) is 48.1 Å². The first-order valence-corrected chi connectivity index (χ1v) is 9.70. The van der Waals surface area contributed by atoms with Crippen molar-refractivity contribution in [3.63, 3.8) is 0 Å². The van der Waals surface area contributed by atoms with Crippen LogP contribution in [0.15, 0.2) is 48.5 Å². The number of benzene rings is 2. The van der Waals surface area contributed by atoms with Crippen molar-refractivity contribution in [1.82, 2.24) is 4.90 Å². The van der Waals surface area contributed by atoms with Crippen molar-refractivity contribution in [1.29, 1.82) is 0 Å². The van der Waals surface area contributed by atoms with Crippen LogP contribution in [0.1, 0.15) is 40.2 Å². The van der Waals surface area contributed by atoms with Crippen LogP contribution in [0.4, 0.5) is 0 Å². The maximum Gasteiger partial charge on any atom is 0.253 e. The summed E-state index contributed by atoms with van der Waals surface area (Å²) in [6.45, 7) is 1.59. The van der Waals surface area contributed by atoms with Crippen LogP contribution in [0.2, 0.25) is 0 Å². The Morgan fingerprint density at radius 2 is 1.93 bits per heavy atom. The van der Waals surface area contributed by atoms with E-state index in [4.69, 9.17) is 15.6 Å². The number of piperidine rings is 1. The van der Waals surface area contributed by atoms with Crippen molar-refractivity contribution < 1.29 is 19.7 Å². The molecule has 150 valence electrons. The molecule has 3 rings (SSSR count). The zero-order chi connectivity index (χ0) is 19.9. The quantitative estimate of drug-likeness (QED) is 0.678. The van der Waals surface area contributed by atoms with Crippen LogP contribution in [0, 0.1) is 0 Å². The lowest BCUT2D eigenvalue weighted by Gasteiger charge is -2.32. The molecule has 1 aliphatic rings. The summed E-state index contributed by atoms with van der Waals surface area (Å²) in [6.07, 6.45) is 0.924. The van der Waals surface area contributed by atoms with E-state index < -0.39 is 6.10 Å². The number of aliphatic hydroxyl groups excluding tert-OH is 2. The van der Waals surface area contributed by atoms with Gasteiger partial charge in [0.25, 0.3) is 5.91 Å². The molecule has 0 radical (unpaired) electrons. The molecule has 2 aromatic rings. The maximum absolute atomic E-state index is 12.9. The van der Waals surface area contributed by atoms with Crippen molar-refractivity contribution in [2.75, 3.05) is 26.3 Å². The SMILES string of the molecule is NCc1cccc(C2CCN(C(=O)c3cccc(OCC(O)CO)c3)CC2)c1. The highest BCUT2D eigenvalue weighted by Gasteiger charge is 2.25. The third-order valence-corrected chi connectivity index (χ3v) is 5.17. The first-order valence-electron chi connectivity index (χ1n) is 9.70. The molecule has 1 amide bonds. The molecular weight excluding hydrogens is 356 g/mol. The Hall–Kier alpha value is -2.41. The third kappa shape index (κ3) is 5.10. The van der Waals surface area contributed by atoms with Gasteiger partial charge in [0.1, 0.15) is 18.5 Å². The first kappa shape index (κ1) is 20.3. The molecule has 1 fully saturated rings. The Morgan fingerprint density at radius 3 is 2.64 bits per heavy atom. The Bertz CT molecular complexity index is 788. The number of amides is 1. The van der Waals surface area contributed by atoms with Gasteiger partial charge in [-0.1, -0.05) is 30.3 Å². The van der Waals surface area contributed by atoms with Gasteiger partial charge >= 0.3 is 0 Å². The topological polar surface area (TPSA) is 96.0 Å². The summed E-state index contributed by atoms with van der Waals surface area (Å²) < 4.78 is 5.44. The molecule has 1 aliphatic heterocycles. The molecule has 1 atom stereocenters. The Morgan fingerprint density at radius 1 is 1.18 bits per heavy atom. The minimum absolute atomic E-state index is 0.0117. The zero-order valence-corrected chi connectivity index (χ0v) is 16.0. The van der Waals surface area contributed by atoms with Crippen molar-refractivity contribution in [2.24, 2.45) is 5.73 Å². The molecule has 1 unspecified atom stereocenters. The molecule has 28 heavy (non-hydrogen) atoms.